The Balaban J connectivity index is 1.68. The molecule has 1 atom stereocenters. The first-order valence-corrected chi connectivity index (χ1v) is 11.5. The summed E-state index contributed by atoms with van der Waals surface area (Å²) in [6.45, 7) is 6.83. The van der Waals surface area contributed by atoms with E-state index in [1.165, 1.54) is 0 Å². The number of hydrogen-bond donors (Lipinski definition) is 0. The van der Waals surface area contributed by atoms with Gasteiger partial charge in [0.25, 0.3) is 5.91 Å². The summed E-state index contributed by atoms with van der Waals surface area (Å²) in [6, 6.07) is 17.6. The van der Waals surface area contributed by atoms with Gasteiger partial charge in [-0.1, -0.05) is 38.1 Å². The molecule has 6 nitrogen and oxygen atoms in total. The second-order valence-electron chi connectivity index (χ2n) is 9.04. The molecule has 0 saturated carbocycles. The Hall–Kier alpha value is -3.93. The maximum Gasteiger partial charge on any atom is 0.296 e. The number of nitrogens with zero attached hydrogens (tertiary/aromatic N) is 2. The summed E-state index contributed by atoms with van der Waals surface area (Å²) in [6.07, 6.45) is 2.60. The summed E-state index contributed by atoms with van der Waals surface area (Å²) in [5.74, 6) is 1.37. The van der Waals surface area contributed by atoms with E-state index in [-0.39, 0.29) is 17.1 Å². The van der Waals surface area contributed by atoms with Crippen molar-refractivity contribution in [3.8, 4) is 5.75 Å². The van der Waals surface area contributed by atoms with Crippen LogP contribution >= 0.6 is 0 Å². The third kappa shape index (κ3) is 3.85. The van der Waals surface area contributed by atoms with Crippen molar-refractivity contribution >= 4 is 22.7 Å². The van der Waals surface area contributed by atoms with Crippen LogP contribution in [0.1, 0.15) is 53.6 Å². The van der Waals surface area contributed by atoms with Crippen LogP contribution in [0, 0.1) is 12.8 Å². The molecule has 0 aliphatic carbocycles. The number of carbonyl (C=O) groups excluding carboxylic acids is 1. The quantitative estimate of drug-likeness (QED) is 0.375. The SMILES string of the molecule is Cc1ccnc(N2C(=O)c3oc4ccccc4c(=O)c3[C@@H]2c2cccc(OCCC(C)C)c2)c1. The van der Waals surface area contributed by atoms with E-state index >= 15 is 0 Å². The molecule has 34 heavy (non-hydrogen) atoms. The maximum absolute atomic E-state index is 13.6. The van der Waals surface area contributed by atoms with E-state index in [2.05, 4.69) is 18.8 Å². The molecule has 0 saturated heterocycles. The first-order valence-electron chi connectivity index (χ1n) is 11.5. The smallest absolute Gasteiger partial charge is 0.296 e. The minimum Gasteiger partial charge on any atom is -0.494 e. The molecule has 0 spiro atoms. The molecule has 0 N–H and O–H groups in total. The van der Waals surface area contributed by atoms with Crippen molar-refractivity contribution in [1.82, 2.24) is 4.98 Å². The lowest BCUT2D eigenvalue weighted by Crippen LogP contribution is -2.30. The molecule has 5 rings (SSSR count). The van der Waals surface area contributed by atoms with Crippen molar-refractivity contribution in [2.75, 3.05) is 11.5 Å². The molecular weight excluding hydrogens is 428 g/mol. The van der Waals surface area contributed by atoms with E-state index < -0.39 is 6.04 Å². The summed E-state index contributed by atoms with van der Waals surface area (Å²) in [5, 5.41) is 0.447. The number of benzene rings is 2. The average molecular weight is 455 g/mol. The van der Waals surface area contributed by atoms with Crippen LogP contribution in [0.15, 0.2) is 76.1 Å². The number of ether oxygens (including phenoxy) is 1. The zero-order chi connectivity index (χ0) is 23.8. The summed E-state index contributed by atoms with van der Waals surface area (Å²) in [7, 11) is 0. The van der Waals surface area contributed by atoms with Crippen molar-refractivity contribution in [1.29, 1.82) is 0 Å². The molecule has 0 radical (unpaired) electrons. The van der Waals surface area contributed by atoms with Crippen LogP contribution in [0.25, 0.3) is 11.0 Å². The minimum absolute atomic E-state index is 0.0585. The van der Waals surface area contributed by atoms with Gasteiger partial charge in [0, 0.05) is 6.20 Å². The Labute approximate surface area is 197 Å². The summed E-state index contributed by atoms with van der Waals surface area (Å²) in [4.78, 5) is 33.3. The third-order valence-corrected chi connectivity index (χ3v) is 6.06. The highest BCUT2D eigenvalue weighted by Crippen LogP contribution is 2.41. The molecule has 1 aliphatic heterocycles. The Bertz CT molecular complexity index is 1440. The number of para-hydroxylation sites is 1. The van der Waals surface area contributed by atoms with Crippen LogP contribution in [-0.2, 0) is 0 Å². The predicted octanol–water partition coefficient (Wildman–Crippen LogP) is 5.67. The van der Waals surface area contributed by atoms with Crippen molar-refractivity contribution in [3.05, 3.63) is 99.5 Å². The molecular formula is C28H26N2O4. The van der Waals surface area contributed by atoms with Gasteiger partial charge in [0.1, 0.15) is 17.2 Å². The van der Waals surface area contributed by atoms with E-state index in [0.29, 0.717) is 40.6 Å². The predicted molar refractivity (Wildman–Crippen MR) is 132 cm³/mol. The number of hydrogen-bond acceptors (Lipinski definition) is 5. The van der Waals surface area contributed by atoms with Crippen molar-refractivity contribution in [2.45, 2.75) is 33.2 Å². The largest absolute Gasteiger partial charge is 0.494 e. The number of carbonyl (C=O) groups is 1. The number of fused-ring (bicyclic) bond motifs is 2. The minimum atomic E-state index is -0.675. The fourth-order valence-electron chi connectivity index (χ4n) is 4.31. The van der Waals surface area contributed by atoms with Crippen molar-refractivity contribution in [2.24, 2.45) is 5.92 Å². The number of rotatable bonds is 6. The molecule has 4 aromatic rings. The first-order chi connectivity index (χ1) is 16.4. The summed E-state index contributed by atoms with van der Waals surface area (Å²) >= 11 is 0. The molecule has 2 aromatic heterocycles. The maximum atomic E-state index is 13.6. The monoisotopic (exact) mass is 454 g/mol. The lowest BCUT2D eigenvalue weighted by Gasteiger charge is -2.24. The molecule has 1 aliphatic rings. The lowest BCUT2D eigenvalue weighted by molar-refractivity contribution is 0.0970. The Morgan fingerprint density at radius 3 is 2.68 bits per heavy atom. The van der Waals surface area contributed by atoms with Gasteiger partial charge in [-0.2, -0.15) is 0 Å². The van der Waals surface area contributed by atoms with Crippen LogP contribution in [-0.4, -0.2) is 17.5 Å². The fourth-order valence-corrected chi connectivity index (χ4v) is 4.31. The van der Waals surface area contributed by atoms with Gasteiger partial charge in [-0.3, -0.25) is 14.5 Å². The number of pyridine rings is 1. The van der Waals surface area contributed by atoms with Crippen LogP contribution in [0.2, 0.25) is 0 Å². The Kier molecular flexibility index (Phi) is 5.65. The van der Waals surface area contributed by atoms with Gasteiger partial charge >= 0.3 is 0 Å². The lowest BCUT2D eigenvalue weighted by atomic mass is 9.98. The zero-order valence-electron chi connectivity index (χ0n) is 19.4. The summed E-state index contributed by atoms with van der Waals surface area (Å²) < 4.78 is 12.0. The number of aryl methyl sites for hydroxylation is 1. The van der Waals surface area contributed by atoms with E-state index in [1.807, 2.05) is 43.3 Å². The normalized spacial score (nSPS) is 15.2. The highest BCUT2D eigenvalue weighted by Gasteiger charge is 2.44. The first kappa shape index (κ1) is 21.9. The molecule has 0 bridgehead atoms. The fraction of sp³-hybridized carbons (Fsp3) is 0.250. The Morgan fingerprint density at radius 2 is 1.88 bits per heavy atom. The van der Waals surface area contributed by atoms with Crippen LogP contribution in [0.5, 0.6) is 5.75 Å². The molecule has 172 valence electrons. The van der Waals surface area contributed by atoms with Gasteiger partial charge in [-0.15, -0.1) is 0 Å². The Morgan fingerprint density at radius 1 is 1.06 bits per heavy atom. The van der Waals surface area contributed by atoms with Gasteiger partial charge in [0.05, 0.1) is 23.6 Å². The highest BCUT2D eigenvalue weighted by molar-refractivity contribution is 6.10. The van der Waals surface area contributed by atoms with Gasteiger partial charge in [-0.25, -0.2) is 4.98 Å². The van der Waals surface area contributed by atoms with Gasteiger partial charge in [0.15, 0.2) is 5.43 Å². The van der Waals surface area contributed by atoms with E-state index in [1.54, 1.807) is 35.4 Å². The molecule has 0 unspecified atom stereocenters. The highest BCUT2D eigenvalue weighted by atomic mass is 16.5. The van der Waals surface area contributed by atoms with Gasteiger partial charge in [0.2, 0.25) is 5.76 Å². The molecule has 0 fully saturated rings. The van der Waals surface area contributed by atoms with Gasteiger partial charge < -0.3 is 9.15 Å². The van der Waals surface area contributed by atoms with Crippen LogP contribution in [0.4, 0.5) is 5.82 Å². The van der Waals surface area contributed by atoms with Gasteiger partial charge in [-0.05, 0) is 66.8 Å². The van der Waals surface area contributed by atoms with Crippen molar-refractivity contribution < 1.29 is 13.9 Å². The number of aromatic nitrogens is 1. The second kappa shape index (κ2) is 8.78. The number of anilines is 1. The standard InChI is InChI=1S/C28H26N2O4/c1-17(2)12-14-33-20-8-6-7-19(16-20)25-24-26(31)21-9-4-5-10-22(21)34-27(24)28(32)30(25)23-15-18(3)11-13-29-23/h4-11,13,15-17,25H,12,14H2,1-3H3/t25-/m0/s1. The second-order valence-corrected chi connectivity index (χ2v) is 9.04. The van der Waals surface area contributed by atoms with Crippen LogP contribution < -0.4 is 15.1 Å². The topological polar surface area (TPSA) is 72.6 Å². The molecule has 3 heterocycles. The van der Waals surface area contributed by atoms with Crippen molar-refractivity contribution in [3.63, 3.8) is 0 Å². The summed E-state index contributed by atoms with van der Waals surface area (Å²) in [5.41, 5.74) is 2.23. The number of amides is 1. The van der Waals surface area contributed by atoms with E-state index in [9.17, 15) is 9.59 Å². The third-order valence-electron chi connectivity index (χ3n) is 6.06. The van der Waals surface area contributed by atoms with E-state index in [4.69, 9.17) is 9.15 Å². The molecule has 1 amide bonds. The average Bonchev–Trinajstić information content (AvgIpc) is 3.12. The molecule has 2 aromatic carbocycles. The molecule has 6 heteroatoms. The zero-order valence-corrected chi connectivity index (χ0v) is 19.4. The van der Waals surface area contributed by atoms with Crippen LogP contribution in [0.3, 0.4) is 0 Å². The van der Waals surface area contributed by atoms with E-state index in [0.717, 1.165) is 17.5 Å².